The molecule has 110 valence electrons. The lowest BCUT2D eigenvalue weighted by atomic mass is 9.62. The Morgan fingerprint density at radius 1 is 1.05 bits per heavy atom. The van der Waals surface area contributed by atoms with E-state index in [2.05, 4.69) is 20.1 Å². The van der Waals surface area contributed by atoms with Gasteiger partial charge in [-0.1, -0.05) is 19.3 Å². The normalized spacial score (nSPS) is 38.2. The molecule has 4 heteroatoms. The third-order valence-electron chi connectivity index (χ3n) is 6.06. The first-order valence-electron chi connectivity index (χ1n) is 8.43. The zero-order valence-electron chi connectivity index (χ0n) is 12.3. The molecule has 1 saturated carbocycles. The summed E-state index contributed by atoms with van der Waals surface area (Å²) in [5, 5.41) is 8.22. The van der Waals surface area contributed by atoms with Gasteiger partial charge in [0.1, 0.15) is 12.7 Å². The number of hydrogen-bond donors (Lipinski definition) is 1. The Morgan fingerprint density at radius 3 is 2.45 bits per heavy atom. The molecule has 3 aliphatic rings. The van der Waals surface area contributed by atoms with Gasteiger partial charge in [-0.3, -0.25) is 4.68 Å². The van der Waals surface area contributed by atoms with Gasteiger partial charge < -0.3 is 5.32 Å². The summed E-state index contributed by atoms with van der Waals surface area (Å²) < 4.78 is 2.10. The minimum atomic E-state index is 0.477. The Labute approximate surface area is 121 Å². The van der Waals surface area contributed by atoms with Crippen LogP contribution in [0.1, 0.15) is 57.8 Å². The molecule has 2 saturated heterocycles. The first-order valence-corrected chi connectivity index (χ1v) is 8.43. The second kappa shape index (κ2) is 5.14. The van der Waals surface area contributed by atoms with Crippen molar-refractivity contribution in [2.45, 2.75) is 76.4 Å². The average Bonchev–Trinajstić information content (AvgIpc) is 3.10. The summed E-state index contributed by atoms with van der Waals surface area (Å²) in [6.07, 6.45) is 16.3. The van der Waals surface area contributed by atoms with Crippen molar-refractivity contribution in [3.8, 4) is 0 Å². The highest BCUT2D eigenvalue weighted by atomic mass is 15.3. The molecule has 2 aliphatic heterocycles. The predicted molar refractivity (Wildman–Crippen MR) is 78.2 cm³/mol. The van der Waals surface area contributed by atoms with E-state index in [9.17, 15) is 0 Å². The molecule has 2 bridgehead atoms. The van der Waals surface area contributed by atoms with E-state index in [1.807, 2.05) is 6.33 Å². The Balaban J connectivity index is 1.61. The molecule has 1 aliphatic carbocycles. The van der Waals surface area contributed by atoms with Gasteiger partial charge in [0.25, 0.3) is 0 Å². The lowest BCUT2D eigenvalue weighted by Gasteiger charge is -2.48. The standard InChI is InChI=1S/C16H26N4/c1-2-4-13(5-3-1)16(10-20-12-17-11-18-20)8-14-6-7-15(9-16)19-14/h11-15,19H,1-10H2. The first-order chi connectivity index (χ1) is 9.84. The minimum absolute atomic E-state index is 0.477. The van der Waals surface area contributed by atoms with E-state index < -0.39 is 0 Å². The molecular weight excluding hydrogens is 248 g/mol. The minimum Gasteiger partial charge on any atom is -0.311 e. The number of hydrogen-bond acceptors (Lipinski definition) is 3. The Bertz CT molecular complexity index is 423. The van der Waals surface area contributed by atoms with E-state index in [0.717, 1.165) is 24.5 Å². The van der Waals surface area contributed by atoms with Gasteiger partial charge in [0.15, 0.2) is 0 Å². The summed E-state index contributed by atoms with van der Waals surface area (Å²) in [7, 11) is 0. The zero-order chi connectivity index (χ0) is 13.4. The van der Waals surface area contributed by atoms with Crippen molar-refractivity contribution >= 4 is 0 Å². The highest BCUT2D eigenvalue weighted by Gasteiger charge is 2.48. The van der Waals surface area contributed by atoms with Crippen molar-refractivity contribution in [2.24, 2.45) is 11.3 Å². The van der Waals surface area contributed by atoms with Crippen molar-refractivity contribution in [1.29, 1.82) is 0 Å². The van der Waals surface area contributed by atoms with Gasteiger partial charge in [-0.2, -0.15) is 5.10 Å². The van der Waals surface area contributed by atoms with Gasteiger partial charge in [0.2, 0.25) is 0 Å². The third-order valence-corrected chi connectivity index (χ3v) is 6.06. The van der Waals surface area contributed by atoms with E-state index in [0.29, 0.717) is 5.41 Å². The van der Waals surface area contributed by atoms with Crippen molar-refractivity contribution in [1.82, 2.24) is 20.1 Å². The van der Waals surface area contributed by atoms with Crippen molar-refractivity contribution in [2.75, 3.05) is 0 Å². The van der Waals surface area contributed by atoms with Crippen LogP contribution in [0.25, 0.3) is 0 Å². The van der Waals surface area contributed by atoms with E-state index in [1.54, 1.807) is 6.33 Å². The quantitative estimate of drug-likeness (QED) is 0.921. The zero-order valence-corrected chi connectivity index (χ0v) is 12.3. The van der Waals surface area contributed by atoms with Crippen LogP contribution in [0, 0.1) is 11.3 Å². The Morgan fingerprint density at radius 2 is 1.80 bits per heavy atom. The number of aromatic nitrogens is 3. The largest absolute Gasteiger partial charge is 0.311 e. The Kier molecular flexibility index (Phi) is 3.29. The van der Waals surface area contributed by atoms with Gasteiger partial charge in [0, 0.05) is 18.6 Å². The molecular formula is C16H26N4. The fraction of sp³-hybridized carbons (Fsp3) is 0.875. The number of nitrogens with one attached hydrogen (secondary N) is 1. The van der Waals surface area contributed by atoms with E-state index in [-0.39, 0.29) is 0 Å². The van der Waals surface area contributed by atoms with Gasteiger partial charge in [0.05, 0.1) is 0 Å². The van der Waals surface area contributed by atoms with E-state index in [1.165, 1.54) is 57.8 Å². The monoisotopic (exact) mass is 274 g/mol. The summed E-state index contributed by atoms with van der Waals surface area (Å²) in [6, 6.07) is 1.53. The fourth-order valence-corrected chi connectivity index (χ4v) is 5.23. The van der Waals surface area contributed by atoms with Crippen LogP contribution >= 0.6 is 0 Å². The van der Waals surface area contributed by atoms with E-state index >= 15 is 0 Å². The molecule has 4 rings (SSSR count). The lowest BCUT2D eigenvalue weighted by Crippen LogP contribution is -2.50. The van der Waals surface area contributed by atoms with Crippen LogP contribution in [0.5, 0.6) is 0 Å². The summed E-state index contributed by atoms with van der Waals surface area (Å²) in [5.74, 6) is 0.908. The summed E-state index contributed by atoms with van der Waals surface area (Å²) in [4.78, 5) is 4.15. The second-order valence-electron chi connectivity index (χ2n) is 7.34. The molecule has 20 heavy (non-hydrogen) atoms. The second-order valence-corrected chi connectivity index (χ2v) is 7.34. The van der Waals surface area contributed by atoms with Crippen molar-refractivity contribution in [3.63, 3.8) is 0 Å². The number of fused-ring (bicyclic) bond motifs is 2. The molecule has 3 heterocycles. The maximum Gasteiger partial charge on any atom is 0.137 e. The molecule has 2 atom stereocenters. The van der Waals surface area contributed by atoms with E-state index in [4.69, 9.17) is 0 Å². The number of rotatable bonds is 3. The van der Waals surface area contributed by atoms with Crippen LogP contribution in [0.15, 0.2) is 12.7 Å². The average molecular weight is 274 g/mol. The van der Waals surface area contributed by atoms with Crippen LogP contribution in [0.3, 0.4) is 0 Å². The molecule has 1 N–H and O–H groups in total. The van der Waals surface area contributed by atoms with Crippen molar-refractivity contribution in [3.05, 3.63) is 12.7 Å². The smallest absolute Gasteiger partial charge is 0.137 e. The van der Waals surface area contributed by atoms with Crippen LogP contribution in [0.4, 0.5) is 0 Å². The van der Waals surface area contributed by atoms with Gasteiger partial charge in [-0.15, -0.1) is 0 Å². The maximum atomic E-state index is 4.41. The fourth-order valence-electron chi connectivity index (χ4n) is 5.23. The summed E-state index contributed by atoms with van der Waals surface area (Å²) in [5.41, 5.74) is 0.477. The number of nitrogens with zero attached hydrogens (tertiary/aromatic N) is 3. The maximum absolute atomic E-state index is 4.41. The molecule has 1 aromatic rings. The number of piperidine rings is 1. The first kappa shape index (κ1) is 12.8. The van der Waals surface area contributed by atoms with Gasteiger partial charge >= 0.3 is 0 Å². The van der Waals surface area contributed by atoms with Crippen molar-refractivity contribution < 1.29 is 0 Å². The summed E-state index contributed by atoms with van der Waals surface area (Å²) >= 11 is 0. The van der Waals surface area contributed by atoms with Crippen LogP contribution in [-0.2, 0) is 6.54 Å². The molecule has 0 amide bonds. The summed E-state index contributed by atoms with van der Waals surface area (Å²) in [6.45, 7) is 1.09. The molecule has 4 nitrogen and oxygen atoms in total. The topological polar surface area (TPSA) is 42.7 Å². The molecule has 2 unspecified atom stereocenters. The van der Waals surface area contributed by atoms with Gasteiger partial charge in [-0.05, 0) is 49.9 Å². The SMILES string of the molecule is c1ncn(CC2(C3CCCCC3)CC3CCC(C2)N3)n1. The molecule has 0 aromatic carbocycles. The van der Waals surface area contributed by atoms with Crippen LogP contribution in [-0.4, -0.2) is 26.8 Å². The molecule has 3 fully saturated rings. The van der Waals surface area contributed by atoms with Crippen LogP contribution in [0.2, 0.25) is 0 Å². The highest BCUT2D eigenvalue weighted by Crippen LogP contribution is 2.50. The third kappa shape index (κ3) is 2.28. The van der Waals surface area contributed by atoms with Crippen LogP contribution < -0.4 is 5.32 Å². The van der Waals surface area contributed by atoms with Gasteiger partial charge in [-0.25, -0.2) is 4.98 Å². The molecule has 0 spiro atoms. The molecule has 0 radical (unpaired) electrons. The predicted octanol–water partition coefficient (Wildman–Crippen LogP) is 2.76. The Hall–Kier alpha value is -0.900. The highest BCUT2D eigenvalue weighted by molar-refractivity contribution is 5.02. The molecule has 1 aromatic heterocycles. The lowest BCUT2D eigenvalue weighted by molar-refractivity contribution is 0.0310.